The number of carboxylic acids is 1. The van der Waals surface area contributed by atoms with Crippen molar-refractivity contribution in [1.29, 1.82) is 0 Å². The van der Waals surface area contributed by atoms with Crippen molar-refractivity contribution in [1.82, 2.24) is 10.2 Å². The van der Waals surface area contributed by atoms with E-state index in [1.807, 2.05) is 0 Å². The number of urea groups is 1. The third kappa shape index (κ3) is 5.91. The minimum atomic E-state index is -1.43. The van der Waals surface area contributed by atoms with Crippen molar-refractivity contribution in [2.45, 2.75) is 64.0 Å². The highest BCUT2D eigenvalue weighted by Crippen LogP contribution is 2.28. The van der Waals surface area contributed by atoms with Gasteiger partial charge in [-0.2, -0.15) is 0 Å². The van der Waals surface area contributed by atoms with Crippen LogP contribution in [0.5, 0.6) is 0 Å². The molecule has 1 rings (SSSR count). The maximum Gasteiger partial charge on any atom is 0.317 e. The molecule has 6 nitrogen and oxygen atoms in total. The number of nitrogens with zero attached hydrogens (tertiary/aromatic N) is 1. The van der Waals surface area contributed by atoms with Crippen LogP contribution in [0.3, 0.4) is 0 Å². The average Bonchev–Trinajstić information content (AvgIpc) is 2.43. The quantitative estimate of drug-likeness (QED) is 0.698. The highest BCUT2D eigenvalue weighted by atomic mass is 16.4. The summed E-state index contributed by atoms with van der Waals surface area (Å²) in [6.45, 7) is 3.55. The zero-order valence-corrected chi connectivity index (χ0v) is 13.3. The molecule has 1 aliphatic carbocycles. The summed E-state index contributed by atoms with van der Waals surface area (Å²) in [4.78, 5) is 24.4. The fourth-order valence-electron chi connectivity index (χ4n) is 2.89. The first-order chi connectivity index (χ1) is 9.75. The summed E-state index contributed by atoms with van der Waals surface area (Å²) in [6.07, 6.45) is 5.12. The second-order valence-electron chi connectivity index (χ2n) is 6.42. The van der Waals surface area contributed by atoms with Crippen LogP contribution in [0.2, 0.25) is 0 Å². The standard InChI is InChI=1S/C15H28N2O4/c1-4-11-5-7-12(8-6-11)17(3)14(20)16-10-15(2,21)9-13(18)19/h11-12,21H,4-10H2,1-3H3,(H,16,20)(H,18,19). The van der Waals surface area contributed by atoms with Gasteiger partial charge >= 0.3 is 12.0 Å². The molecule has 1 aliphatic rings. The molecule has 21 heavy (non-hydrogen) atoms. The molecule has 0 spiro atoms. The SMILES string of the molecule is CCC1CCC(N(C)C(=O)NCC(C)(O)CC(=O)O)CC1. The molecule has 3 N–H and O–H groups in total. The second-order valence-corrected chi connectivity index (χ2v) is 6.42. The highest BCUT2D eigenvalue weighted by Gasteiger charge is 2.28. The minimum absolute atomic E-state index is 0.0627. The number of carbonyl (C=O) groups is 2. The van der Waals surface area contributed by atoms with Crippen molar-refractivity contribution in [3.05, 3.63) is 0 Å². The van der Waals surface area contributed by atoms with Gasteiger partial charge in [-0.15, -0.1) is 0 Å². The molecule has 0 radical (unpaired) electrons. The Morgan fingerprint density at radius 3 is 2.33 bits per heavy atom. The number of nitrogens with one attached hydrogen (secondary N) is 1. The van der Waals surface area contributed by atoms with Gasteiger partial charge in [-0.05, 0) is 38.5 Å². The summed E-state index contributed by atoms with van der Waals surface area (Å²) in [5.41, 5.74) is -1.43. The molecule has 0 aromatic carbocycles. The Kier molecular flexibility index (Phi) is 6.45. The highest BCUT2D eigenvalue weighted by molar-refractivity contribution is 5.74. The molecule has 1 saturated carbocycles. The van der Waals surface area contributed by atoms with Crippen molar-refractivity contribution >= 4 is 12.0 Å². The number of carbonyl (C=O) groups excluding carboxylic acids is 1. The first kappa shape index (κ1) is 17.8. The van der Waals surface area contributed by atoms with Crippen LogP contribution in [0.4, 0.5) is 4.79 Å². The molecule has 1 atom stereocenters. The normalized spacial score (nSPS) is 25.0. The van der Waals surface area contributed by atoms with Crippen LogP contribution < -0.4 is 5.32 Å². The van der Waals surface area contributed by atoms with Gasteiger partial charge in [0.2, 0.25) is 0 Å². The van der Waals surface area contributed by atoms with Crippen LogP contribution in [0, 0.1) is 5.92 Å². The summed E-state index contributed by atoms with van der Waals surface area (Å²) in [5.74, 6) is -0.311. The molecule has 6 heteroatoms. The Bertz CT molecular complexity index is 363. The molecule has 0 heterocycles. The number of aliphatic carboxylic acids is 1. The van der Waals surface area contributed by atoms with Crippen molar-refractivity contribution in [2.24, 2.45) is 5.92 Å². The zero-order valence-electron chi connectivity index (χ0n) is 13.3. The lowest BCUT2D eigenvalue weighted by Gasteiger charge is -2.35. The first-order valence-corrected chi connectivity index (χ1v) is 7.70. The largest absolute Gasteiger partial charge is 0.481 e. The van der Waals surface area contributed by atoms with Gasteiger partial charge in [0.05, 0.1) is 12.0 Å². The van der Waals surface area contributed by atoms with Crippen molar-refractivity contribution in [3.8, 4) is 0 Å². The van der Waals surface area contributed by atoms with E-state index in [0.717, 1.165) is 31.6 Å². The fraction of sp³-hybridized carbons (Fsp3) is 0.867. The predicted octanol–water partition coefficient (Wildman–Crippen LogP) is 1.82. The fourth-order valence-corrected chi connectivity index (χ4v) is 2.89. The van der Waals surface area contributed by atoms with Crippen molar-refractivity contribution in [3.63, 3.8) is 0 Å². The molecule has 2 amide bonds. The minimum Gasteiger partial charge on any atom is -0.481 e. The number of hydrogen-bond acceptors (Lipinski definition) is 3. The molecule has 0 aliphatic heterocycles. The van der Waals surface area contributed by atoms with Crippen molar-refractivity contribution < 1.29 is 19.8 Å². The van der Waals surface area contributed by atoms with E-state index in [4.69, 9.17) is 5.11 Å². The molecular weight excluding hydrogens is 272 g/mol. The molecule has 1 fully saturated rings. The molecular formula is C15H28N2O4. The zero-order chi connectivity index (χ0) is 16.0. The summed E-state index contributed by atoms with van der Waals surface area (Å²) in [7, 11) is 1.76. The van der Waals surface area contributed by atoms with Crippen LogP contribution in [0.15, 0.2) is 0 Å². The number of aliphatic hydroxyl groups is 1. The van der Waals surface area contributed by atoms with E-state index in [-0.39, 0.29) is 18.6 Å². The second kappa shape index (κ2) is 7.64. The van der Waals surface area contributed by atoms with Gasteiger partial charge in [-0.3, -0.25) is 4.79 Å². The van der Waals surface area contributed by atoms with Crippen LogP contribution in [0.25, 0.3) is 0 Å². The summed E-state index contributed by atoms with van der Waals surface area (Å²) in [6, 6.07) is -0.0159. The van der Waals surface area contributed by atoms with Crippen LogP contribution in [-0.4, -0.2) is 52.3 Å². The molecule has 0 saturated heterocycles. The van der Waals surface area contributed by atoms with E-state index in [1.165, 1.54) is 13.3 Å². The Hall–Kier alpha value is -1.30. The van der Waals surface area contributed by atoms with Gasteiger partial charge in [0.25, 0.3) is 0 Å². The maximum absolute atomic E-state index is 12.1. The smallest absolute Gasteiger partial charge is 0.317 e. The van der Waals surface area contributed by atoms with Crippen molar-refractivity contribution in [2.75, 3.05) is 13.6 Å². The van der Waals surface area contributed by atoms with Gasteiger partial charge in [-0.25, -0.2) is 4.79 Å². The van der Waals surface area contributed by atoms with Gasteiger partial charge in [-0.1, -0.05) is 13.3 Å². The van der Waals surface area contributed by atoms with Gasteiger partial charge in [0.15, 0.2) is 0 Å². The number of hydrogen-bond donors (Lipinski definition) is 3. The predicted molar refractivity (Wildman–Crippen MR) is 80.1 cm³/mol. The molecule has 0 aromatic rings. The van der Waals surface area contributed by atoms with Gasteiger partial charge in [0, 0.05) is 19.6 Å². The van der Waals surface area contributed by atoms with E-state index in [1.54, 1.807) is 11.9 Å². The Morgan fingerprint density at radius 1 is 1.29 bits per heavy atom. The lowest BCUT2D eigenvalue weighted by Crippen LogP contribution is -2.49. The lowest BCUT2D eigenvalue weighted by molar-refractivity contribution is -0.141. The van der Waals surface area contributed by atoms with Crippen LogP contribution in [0.1, 0.15) is 52.4 Å². The topological polar surface area (TPSA) is 89.9 Å². The summed E-state index contributed by atoms with van der Waals surface area (Å²) in [5, 5.41) is 21.2. The Morgan fingerprint density at radius 2 is 1.86 bits per heavy atom. The van der Waals surface area contributed by atoms with Gasteiger partial charge in [0.1, 0.15) is 0 Å². The molecule has 1 unspecified atom stereocenters. The Balaban J connectivity index is 2.39. The van der Waals surface area contributed by atoms with E-state index in [9.17, 15) is 14.7 Å². The summed E-state index contributed by atoms with van der Waals surface area (Å²) >= 11 is 0. The third-order valence-corrected chi connectivity index (χ3v) is 4.41. The van der Waals surface area contributed by atoms with Crippen LogP contribution in [-0.2, 0) is 4.79 Å². The molecule has 0 aromatic heterocycles. The van der Waals surface area contributed by atoms with E-state index < -0.39 is 18.0 Å². The van der Waals surface area contributed by atoms with E-state index in [2.05, 4.69) is 12.2 Å². The average molecular weight is 300 g/mol. The first-order valence-electron chi connectivity index (χ1n) is 7.70. The van der Waals surface area contributed by atoms with E-state index >= 15 is 0 Å². The number of rotatable bonds is 6. The number of amides is 2. The maximum atomic E-state index is 12.1. The van der Waals surface area contributed by atoms with Crippen LogP contribution >= 0.6 is 0 Å². The molecule has 0 bridgehead atoms. The lowest BCUT2D eigenvalue weighted by atomic mass is 9.84. The number of carboxylic acid groups (broad SMARTS) is 1. The Labute approximate surface area is 126 Å². The van der Waals surface area contributed by atoms with Gasteiger partial charge < -0.3 is 20.4 Å². The third-order valence-electron chi connectivity index (χ3n) is 4.41. The van der Waals surface area contributed by atoms with E-state index in [0.29, 0.717) is 0 Å². The monoisotopic (exact) mass is 300 g/mol. The summed E-state index contributed by atoms with van der Waals surface area (Å²) < 4.78 is 0. The molecule has 122 valence electrons.